The van der Waals surface area contributed by atoms with Crippen molar-refractivity contribution in [1.82, 2.24) is 5.32 Å². The number of nitrogens with one attached hydrogen (secondary N) is 1. The lowest BCUT2D eigenvalue weighted by atomic mass is 10.1. The van der Waals surface area contributed by atoms with Gasteiger partial charge in [0.25, 0.3) is 6.43 Å². The Bertz CT molecular complexity index is 150. The predicted octanol–water partition coefficient (Wildman–Crippen LogP) is 0.345. The first-order chi connectivity index (χ1) is 5.13. The van der Waals surface area contributed by atoms with Gasteiger partial charge in [-0.1, -0.05) is 6.92 Å². The molecular formula is C6H9F2NO2. The minimum absolute atomic E-state index is 0.182. The summed E-state index contributed by atoms with van der Waals surface area (Å²) in [5, 5.41) is 2.00. The Kier molecular flexibility index (Phi) is 4.33. The summed E-state index contributed by atoms with van der Waals surface area (Å²) in [5.74, 6) is -1.24. The highest BCUT2D eigenvalue weighted by Gasteiger charge is 2.24. The molecule has 0 saturated carbocycles. The second-order valence-electron chi connectivity index (χ2n) is 1.95. The number of hydrogen-bond donors (Lipinski definition) is 1. The van der Waals surface area contributed by atoms with Crippen LogP contribution in [0.25, 0.3) is 0 Å². The van der Waals surface area contributed by atoms with Gasteiger partial charge in [-0.05, 0) is 6.42 Å². The molecule has 1 atom stereocenters. The van der Waals surface area contributed by atoms with E-state index in [2.05, 4.69) is 0 Å². The number of Topliss-reactive ketones (excluding diaryl/α,β-unsaturated/α-hetero) is 1. The molecule has 0 spiro atoms. The van der Waals surface area contributed by atoms with Crippen molar-refractivity contribution in [3.63, 3.8) is 0 Å². The average molecular weight is 165 g/mol. The number of hydrogen-bond acceptors (Lipinski definition) is 2. The highest BCUT2D eigenvalue weighted by molar-refractivity contribution is 5.88. The molecule has 64 valence electrons. The van der Waals surface area contributed by atoms with Gasteiger partial charge in [0, 0.05) is 0 Å². The number of carbonyl (C=O) groups is 2. The third-order valence-electron chi connectivity index (χ3n) is 1.24. The van der Waals surface area contributed by atoms with Gasteiger partial charge in [0.1, 0.15) is 0 Å². The van der Waals surface area contributed by atoms with E-state index in [1.54, 1.807) is 6.92 Å². The van der Waals surface area contributed by atoms with Gasteiger partial charge in [-0.25, -0.2) is 8.78 Å². The average Bonchev–Trinajstić information content (AvgIpc) is 1.98. The fourth-order valence-electron chi connectivity index (χ4n) is 0.635. The lowest BCUT2D eigenvalue weighted by Crippen LogP contribution is -2.38. The smallest absolute Gasteiger partial charge is 0.298 e. The molecule has 0 aliphatic heterocycles. The summed E-state index contributed by atoms with van der Waals surface area (Å²) in [7, 11) is 0. The molecule has 0 aromatic rings. The molecule has 0 rings (SSSR count). The van der Waals surface area contributed by atoms with Crippen molar-refractivity contribution in [1.29, 1.82) is 0 Å². The highest BCUT2D eigenvalue weighted by Crippen LogP contribution is 2.01. The first-order valence-corrected chi connectivity index (χ1v) is 3.15. The van der Waals surface area contributed by atoms with Gasteiger partial charge < -0.3 is 5.32 Å². The number of carbonyl (C=O) groups excluding carboxylic acids is 2. The summed E-state index contributed by atoms with van der Waals surface area (Å²) in [5.41, 5.74) is 0. The zero-order valence-corrected chi connectivity index (χ0v) is 6.01. The van der Waals surface area contributed by atoms with Crippen LogP contribution < -0.4 is 5.32 Å². The number of rotatable bonds is 5. The Balaban J connectivity index is 4.02. The molecule has 0 aliphatic rings. The first kappa shape index (κ1) is 10.0. The van der Waals surface area contributed by atoms with Crippen molar-refractivity contribution >= 4 is 12.2 Å². The minimum atomic E-state index is -3.01. The lowest BCUT2D eigenvalue weighted by molar-refractivity contribution is -0.133. The summed E-state index contributed by atoms with van der Waals surface area (Å²) >= 11 is 0. The van der Waals surface area contributed by atoms with Crippen LogP contribution in [0.3, 0.4) is 0 Å². The maximum atomic E-state index is 11.7. The largest absolute Gasteiger partial charge is 0.349 e. The minimum Gasteiger partial charge on any atom is -0.349 e. The summed E-state index contributed by atoms with van der Waals surface area (Å²) in [6.45, 7) is 1.54. The van der Waals surface area contributed by atoms with E-state index < -0.39 is 18.3 Å². The van der Waals surface area contributed by atoms with Crippen LogP contribution in [0.2, 0.25) is 0 Å². The fourth-order valence-corrected chi connectivity index (χ4v) is 0.635. The summed E-state index contributed by atoms with van der Waals surface area (Å²) < 4.78 is 23.4. The monoisotopic (exact) mass is 165 g/mol. The molecular weight excluding hydrogens is 156 g/mol. The zero-order valence-electron chi connectivity index (χ0n) is 6.01. The van der Waals surface area contributed by atoms with Crippen LogP contribution in [0.4, 0.5) is 8.78 Å². The molecule has 0 bridgehead atoms. The standard InChI is InChI=1S/C6H9F2NO2/c1-2-4(9-3-10)5(11)6(7)8/h3-4,6H,2H2,1H3,(H,9,10)/t4-/m0/s1. The van der Waals surface area contributed by atoms with Crippen LogP contribution in [0.15, 0.2) is 0 Å². The van der Waals surface area contributed by atoms with E-state index in [4.69, 9.17) is 0 Å². The maximum absolute atomic E-state index is 11.7. The van der Waals surface area contributed by atoms with Crippen molar-refractivity contribution in [3.8, 4) is 0 Å². The van der Waals surface area contributed by atoms with Crippen molar-refractivity contribution < 1.29 is 18.4 Å². The number of ketones is 1. The Morgan fingerprint density at radius 3 is 2.45 bits per heavy atom. The molecule has 5 heteroatoms. The molecule has 1 N–H and O–H groups in total. The molecule has 0 aromatic carbocycles. The Hall–Kier alpha value is -1.00. The number of alkyl halides is 2. The van der Waals surface area contributed by atoms with Crippen LogP contribution in [-0.4, -0.2) is 24.7 Å². The van der Waals surface area contributed by atoms with Gasteiger partial charge in [0.05, 0.1) is 6.04 Å². The van der Waals surface area contributed by atoms with Crippen molar-refractivity contribution in [3.05, 3.63) is 0 Å². The molecule has 0 aromatic heterocycles. The molecule has 11 heavy (non-hydrogen) atoms. The normalized spacial score (nSPS) is 12.7. The van der Waals surface area contributed by atoms with Gasteiger partial charge in [0.15, 0.2) is 0 Å². The van der Waals surface area contributed by atoms with Crippen LogP contribution in [0.5, 0.6) is 0 Å². The Labute approximate surface area is 62.8 Å². The molecule has 0 heterocycles. The molecule has 3 nitrogen and oxygen atoms in total. The van der Waals surface area contributed by atoms with E-state index in [1.165, 1.54) is 0 Å². The van der Waals surface area contributed by atoms with Gasteiger partial charge in [-0.15, -0.1) is 0 Å². The van der Waals surface area contributed by atoms with Crippen LogP contribution in [-0.2, 0) is 9.59 Å². The van der Waals surface area contributed by atoms with Crippen LogP contribution in [0.1, 0.15) is 13.3 Å². The number of halogens is 2. The first-order valence-electron chi connectivity index (χ1n) is 3.15. The van der Waals surface area contributed by atoms with Gasteiger partial charge >= 0.3 is 0 Å². The molecule has 1 amide bonds. The molecule has 0 saturated heterocycles. The van der Waals surface area contributed by atoms with Crippen molar-refractivity contribution in [2.45, 2.75) is 25.8 Å². The molecule has 0 unspecified atom stereocenters. The van der Waals surface area contributed by atoms with Crippen LogP contribution in [0, 0.1) is 0 Å². The molecule has 0 fully saturated rings. The van der Waals surface area contributed by atoms with E-state index in [-0.39, 0.29) is 12.8 Å². The van der Waals surface area contributed by atoms with E-state index in [0.717, 1.165) is 0 Å². The van der Waals surface area contributed by atoms with Gasteiger partial charge in [0.2, 0.25) is 12.2 Å². The van der Waals surface area contributed by atoms with Crippen LogP contribution >= 0.6 is 0 Å². The predicted molar refractivity (Wildman–Crippen MR) is 34.3 cm³/mol. The third-order valence-corrected chi connectivity index (χ3v) is 1.24. The van der Waals surface area contributed by atoms with Crippen molar-refractivity contribution in [2.75, 3.05) is 0 Å². The summed E-state index contributed by atoms with van der Waals surface area (Å²) in [6, 6.07) is -1.05. The number of amides is 1. The van der Waals surface area contributed by atoms with Gasteiger partial charge in [-0.3, -0.25) is 9.59 Å². The van der Waals surface area contributed by atoms with E-state index in [0.29, 0.717) is 0 Å². The third kappa shape index (κ3) is 3.06. The summed E-state index contributed by atoms with van der Waals surface area (Å²) in [4.78, 5) is 20.3. The maximum Gasteiger partial charge on any atom is 0.298 e. The van der Waals surface area contributed by atoms with E-state index in [1.807, 2.05) is 5.32 Å². The van der Waals surface area contributed by atoms with Crippen molar-refractivity contribution in [2.24, 2.45) is 0 Å². The Morgan fingerprint density at radius 1 is 1.64 bits per heavy atom. The highest BCUT2D eigenvalue weighted by atomic mass is 19.3. The SMILES string of the molecule is CC[C@H](NC=O)C(=O)C(F)F. The summed E-state index contributed by atoms with van der Waals surface area (Å²) in [6.07, 6.45) is -2.58. The lowest BCUT2D eigenvalue weighted by Gasteiger charge is -2.10. The second-order valence-corrected chi connectivity index (χ2v) is 1.95. The zero-order chi connectivity index (χ0) is 8.85. The van der Waals surface area contributed by atoms with Gasteiger partial charge in [-0.2, -0.15) is 0 Å². The molecule has 0 aliphatic carbocycles. The van der Waals surface area contributed by atoms with E-state index >= 15 is 0 Å². The topological polar surface area (TPSA) is 46.2 Å². The second kappa shape index (κ2) is 4.76. The molecule has 0 radical (unpaired) electrons. The Morgan fingerprint density at radius 2 is 2.18 bits per heavy atom. The fraction of sp³-hybridized carbons (Fsp3) is 0.667. The quantitative estimate of drug-likeness (QED) is 0.597. The van der Waals surface area contributed by atoms with E-state index in [9.17, 15) is 18.4 Å².